The summed E-state index contributed by atoms with van der Waals surface area (Å²) in [5.41, 5.74) is 0. The molecule has 2 heteroatoms. The first-order chi connectivity index (χ1) is 1.91. The van der Waals surface area contributed by atoms with Gasteiger partial charge in [-0.15, -0.1) is 18.2 Å². The molecule has 0 bridgehead atoms. The first-order valence-corrected chi connectivity index (χ1v) is 1.62. The summed E-state index contributed by atoms with van der Waals surface area (Å²) in [5, 5.41) is 0. The van der Waals surface area contributed by atoms with Crippen molar-refractivity contribution in [3.63, 3.8) is 0 Å². The minimum atomic E-state index is 0. The standard InChI is InChI=1S/C3H5Cl.Ca.2H/c1-2-3-4;;;/h2H,1,3H2;;;. The summed E-state index contributed by atoms with van der Waals surface area (Å²) in [6, 6.07) is 0. The van der Waals surface area contributed by atoms with E-state index in [4.69, 9.17) is 11.6 Å². The van der Waals surface area contributed by atoms with Crippen LogP contribution in [0.3, 0.4) is 0 Å². The predicted octanol–water partition coefficient (Wildman–Crippen LogP) is 0.495. The van der Waals surface area contributed by atoms with Crippen molar-refractivity contribution < 1.29 is 0 Å². The van der Waals surface area contributed by atoms with Crippen molar-refractivity contribution >= 4 is 49.3 Å². The molecule has 5 heavy (non-hydrogen) atoms. The van der Waals surface area contributed by atoms with Gasteiger partial charge >= 0.3 is 37.7 Å². The fourth-order valence-corrected chi connectivity index (χ4v) is 0. The molecule has 0 saturated carbocycles. The summed E-state index contributed by atoms with van der Waals surface area (Å²) in [7, 11) is 0. The molecule has 0 aromatic rings. The zero-order chi connectivity index (χ0) is 3.41. The molecule has 0 unspecified atom stereocenters. The molecule has 0 atom stereocenters. The van der Waals surface area contributed by atoms with Crippen LogP contribution in [-0.4, -0.2) is 43.6 Å². The predicted molar refractivity (Wildman–Crippen MR) is 29.5 cm³/mol. The normalized spacial score (nSPS) is 5.00. The van der Waals surface area contributed by atoms with Gasteiger partial charge in [-0.05, 0) is 0 Å². The fraction of sp³-hybridized carbons (Fsp3) is 0.333. The molecular weight excluding hydrogens is 112 g/mol. The average molecular weight is 119 g/mol. The Hall–Kier alpha value is 1.29. The van der Waals surface area contributed by atoms with Gasteiger partial charge < -0.3 is 0 Å². The average Bonchev–Trinajstić information content (AvgIpc) is 1.37. The van der Waals surface area contributed by atoms with Crippen LogP contribution in [-0.2, 0) is 0 Å². The van der Waals surface area contributed by atoms with E-state index in [2.05, 4.69) is 6.58 Å². The van der Waals surface area contributed by atoms with Crippen LogP contribution >= 0.6 is 11.6 Å². The van der Waals surface area contributed by atoms with Crippen molar-refractivity contribution in [1.82, 2.24) is 0 Å². The third-order valence-corrected chi connectivity index (χ3v) is 0.327. The van der Waals surface area contributed by atoms with Gasteiger partial charge in [0.15, 0.2) is 0 Å². The van der Waals surface area contributed by atoms with Gasteiger partial charge in [-0.25, -0.2) is 0 Å². The maximum atomic E-state index is 5.07. The van der Waals surface area contributed by atoms with Gasteiger partial charge in [0.2, 0.25) is 0 Å². The molecule has 0 amide bonds. The van der Waals surface area contributed by atoms with E-state index in [0.717, 1.165) is 0 Å². The van der Waals surface area contributed by atoms with Crippen LogP contribution in [0, 0.1) is 0 Å². The summed E-state index contributed by atoms with van der Waals surface area (Å²) in [6.07, 6.45) is 1.64. The van der Waals surface area contributed by atoms with E-state index in [0.29, 0.717) is 5.88 Å². The molecule has 28 valence electrons. The van der Waals surface area contributed by atoms with Gasteiger partial charge in [-0.1, -0.05) is 6.08 Å². The van der Waals surface area contributed by atoms with Crippen LogP contribution in [0.1, 0.15) is 0 Å². The van der Waals surface area contributed by atoms with Gasteiger partial charge in [0.25, 0.3) is 0 Å². The number of hydrogen-bond acceptors (Lipinski definition) is 0. The Morgan fingerprint density at radius 1 is 1.80 bits per heavy atom. The van der Waals surface area contributed by atoms with E-state index >= 15 is 0 Å². The van der Waals surface area contributed by atoms with E-state index in [1.54, 1.807) is 6.08 Å². The van der Waals surface area contributed by atoms with Crippen molar-refractivity contribution in [1.29, 1.82) is 0 Å². The molecule has 0 radical (unpaired) electrons. The Balaban J connectivity index is 0. The summed E-state index contributed by atoms with van der Waals surface area (Å²) in [5.74, 6) is 0.556. The molecule has 0 fully saturated rings. The number of hydrogen-bond donors (Lipinski definition) is 0. The van der Waals surface area contributed by atoms with Gasteiger partial charge in [-0.3, -0.25) is 0 Å². The van der Waals surface area contributed by atoms with Crippen molar-refractivity contribution in [2.75, 3.05) is 5.88 Å². The van der Waals surface area contributed by atoms with E-state index in [-0.39, 0.29) is 37.7 Å². The molecule has 0 rings (SSSR count). The quantitative estimate of drug-likeness (QED) is 0.267. The summed E-state index contributed by atoms with van der Waals surface area (Å²) in [6.45, 7) is 3.35. The van der Waals surface area contributed by atoms with Gasteiger partial charge in [0, 0.05) is 5.88 Å². The molecule has 0 nitrogen and oxygen atoms in total. The van der Waals surface area contributed by atoms with Gasteiger partial charge in [0.05, 0.1) is 0 Å². The summed E-state index contributed by atoms with van der Waals surface area (Å²) >= 11 is 5.07. The van der Waals surface area contributed by atoms with Crippen LogP contribution in [0.4, 0.5) is 0 Å². The van der Waals surface area contributed by atoms with Crippen LogP contribution in [0.25, 0.3) is 0 Å². The first kappa shape index (κ1) is 9.56. The molecule has 0 N–H and O–H groups in total. The molecule has 0 aliphatic heterocycles. The number of alkyl halides is 1. The fourth-order valence-electron chi connectivity index (χ4n) is 0. The first-order valence-electron chi connectivity index (χ1n) is 1.08. The van der Waals surface area contributed by atoms with Crippen molar-refractivity contribution in [2.24, 2.45) is 0 Å². The van der Waals surface area contributed by atoms with E-state index in [9.17, 15) is 0 Å². The second kappa shape index (κ2) is 8.99. The van der Waals surface area contributed by atoms with Crippen molar-refractivity contribution in [3.8, 4) is 0 Å². The van der Waals surface area contributed by atoms with E-state index < -0.39 is 0 Å². The molecule has 0 saturated heterocycles. The van der Waals surface area contributed by atoms with E-state index in [1.165, 1.54) is 0 Å². The minimum absolute atomic E-state index is 0. The third-order valence-electron chi connectivity index (χ3n) is 0.109. The van der Waals surface area contributed by atoms with Gasteiger partial charge in [0.1, 0.15) is 0 Å². The van der Waals surface area contributed by atoms with Crippen molar-refractivity contribution in [3.05, 3.63) is 12.7 Å². The molecule has 0 heterocycles. The van der Waals surface area contributed by atoms with Crippen LogP contribution < -0.4 is 0 Å². The topological polar surface area (TPSA) is 0 Å². The zero-order valence-electron chi connectivity index (χ0n) is 2.37. The number of allylic oxidation sites excluding steroid dienone is 1. The maximum absolute atomic E-state index is 5.07. The van der Waals surface area contributed by atoms with Crippen LogP contribution in [0.15, 0.2) is 12.7 Å². The molecule has 0 aromatic heterocycles. The van der Waals surface area contributed by atoms with Crippen molar-refractivity contribution in [2.45, 2.75) is 0 Å². The Labute approximate surface area is 67.2 Å². The number of rotatable bonds is 1. The second-order valence-electron chi connectivity index (χ2n) is 0.443. The third kappa shape index (κ3) is 10.9. The Kier molecular flexibility index (Phi) is 17.2. The molecule has 0 spiro atoms. The van der Waals surface area contributed by atoms with E-state index in [1.807, 2.05) is 0 Å². The van der Waals surface area contributed by atoms with Crippen LogP contribution in [0.2, 0.25) is 0 Å². The Morgan fingerprint density at radius 3 is 2.00 bits per heavy atom. The summed E-state index contributed by atoms with van der Waals surface area (Å²) < 4.78 is 0. The van der Waals surface area contributed by atoms with Crippen LogP contribution in [0.5, 0.6) is 0 Å². The second-order valence-corrected chi connectivity index (χ2v) is 0.752. The van der Waals surface area contributed by atoms with Gasteiger partial charge in [-0.2, -0.15) is 0 Å². The number of halogens is 1. The zero-order valence-corrected chi connectivity index (χ0v) is 3.13. The molecule has 0 aliphatic rings. The SMILES string of the molecule is C=CCCl.[CaH2]. The monoisotopic (exact) mass is 118 g/mol. The molecule has 0 aromatic carbocycles. The Bertz CT molecular complexity index is 20.9. The molecule has 0 aliphatic carbocycles. The summed E-state index contributed by atoms with van der Waals surface area (Å²) in [4.78, 5) is 0. The molecular formula is C3H7CaCl. The Morgan fingerprint density at radius 2 is 2.00 bits per heavy atom.